The summed E-state index contributed by atoms with van der Waals surface area (Å²) in [5.74, 6) is 0.00186. The van der Waals surface area contributed by atoms with Crippen LogP contribution in [0.2, 0.25) is 10.0 Å². The van der Waals surface area contributed by atoms with E-state index < -0.39 is 0 Å². The fourth-order valence-corrected chi connectivity index (χ4v) is 2.83. The standard InChI is InChI=1S/C19H27Cl2NO2/c1-18(2,3)10-13(23)7-12-8-15(21)16(9-14(12)20)22-17(24)11-19(4,5)6/h8-9H,7,10-11H2,1-6H3,(H,22,24). The Morgan fingerprint density at radius 1 is 0.917 bits per heavy atom. The fourth-order valence-electron chi connectivity index (χ4n) is 2.36. The fraction of sp³-hybridized carbons (Fsp3) is 0.579. The van der Waals surface area contributed by atoms with Gasteiger partial charge >= 0.3 is 0 Å². The van der Waals surface area contributed by atoms with Crippen LogP contribution in [0.4, 0.5) is 5.69 Å². The molecule has 1 N–H and O–H groups in total. The van der Waals surface area contributed by atoms with Gasteiger partial charge in [0.1, 0.15) is 5.78 Å². The molecular weight excluding hydrogens is 345 g/mol. The second-order valence-electron chi connectivity index (χ2n) is 8.66. The minimum atomic E-state index is -0.114. The van der Waals surface area contributed by atoms with Crippen molar-refractivity contribution >= 4 is 40.6 Å². The first-order valence-corrected chi connectivity index (χ1v) is 8.82. The van der Waals surface area contributed by atoms with E-state index in [1.165, 1.54) is 0 Å². The largest absolute Gasteiger partial charge is 0.325 e. The summed E-state index contributed by atoms with van der Waals surface area (Å²) < 4.78 is 0. The number of ketones is 1. The van der Waals surface area contributed by atoms with E-state index in [1.54, 1.807) is 12.1 Å². The van der Waals surface area contributed by atoms with E-state index in [0.29, 0.717) is 34.1 Å². The lowest BCUT2D eigenvalue weighted by Crippen LogP contribution is -2.20. The highest BCUT2D eigenvalue weighted by Gasteiger charge is 2.20. The first-order chi connectivity index (χ1) is 10.8. The molecule has 1 rings (SSSR count). The Balaban J connectivity index is 2.86. The van der Waals surface area contributed by atoms with E-state index in [-0.39, 0.29) is 28.9 Å². The molecule has 1 aromatic rings. The number of hydrogen-bond acceptors (Lipinski definition) is 2. The molecule has 0 unspecified atom stereocenters. The first kappa shape index (κ1) is 21.0. The van der Waals surface area contributed by atoms with E-state index in [9.17, 15) is 9.59 Å². The predicted molar refractivity (Wildman–Crippen MR) is 102 cm³/mol. The van der Waals surface area contributed by atoms with Crippen LogP contribution in [0.5, 0.6) is 0 Å². The minimum absolute atomic E-state index is 0.0613. The molecule has 0 saturated carbocycles. The van der Waals surface area contributed by atoms with Gasteiger partial charge in [-0.1, -0.05) is 64.7 Å². The highest BCUT2D eigenvalue weighted by molar-refractivity contribution is 6.36. The summed E-state index contributed by atoms with van der Waals surface area (Å²) in [4.78, 5) is 24.2. The van der Waals surface area contributed by atoms with Crippen LogP contribution in [-0.2, 0) is 16.0 Å². The van der Waals surface area contributed by atoms with Crippen LogP contribution in [0.15, 0.2) is 12.1 Å². The lowest BCUT2D eigenvalue weighted by Gasteiger charge is -2.19. The number of amides is 1. The van der Waals surface area contributed by atoms with Crippen molar-refractivity contribution in [2.45, 2.75) is 60.8 Å². The number of hydrogen-bond donors (Lipinski definition) is 1. The van der Waals surface area contributed by atoms with Crippen molar-refractivity contribution in [1.29, 1.82) is 0 Å². The van der Waals surface area contributed by atoms with Gasteiger partial charge in [-0.3, -0.25) is 9.59 Å². The monoisotopic (exact) mass is 371 g/mol. The maximum Gasteiger partial charge on any atom is 0.224 e. The number of halogens is 2. The smallest absolute Gasteiger partial charge is 0.224 e. The van der Waals surface area contributed by atoms with Crippen molar-refractivity contribution in [2.24, 2.45) is 10.8 Å². The first-order valence-electron chi connectivity index (χ1n) is 8.06. The molecule has 0 aliphatic rings. The van der Waals surface area contributed by atoms with Gasteiger partial charge in [-0.05, 0) is 28.5 Å². The van der Waals surface area contributed by atoms with Crippen LogP contribution in [0.3, 0.4) is 0 Å². The highest BCUT2D eigenvalue weighted by Crippen LogP contribution is 2.31. The average molecular weight is 372 g/mol. The van der Waals surface area contributed by atoms with Gasteiger partial charge in [0, 0.05) is 24.3 Å². The second kappa shape index (κ2) is 7.88. The van der Waals surface area contributed by atoms with Crippen LogP contribution < -0.4 is 5.32 Å². The normalized spacial score (nSPS) is 12.2. The Bertz CT molecular complexity index is 570. The Hall–Kier alpha value is -1.06. The molecule has 0 bridgehead atoms. The lowest BCUT2D eigenvalue weighted by atomic mass is 9.88. The van der Waals surface area contributed by atoms with Crippen molar-refractivity contribution in [3.8, 4) is 0 Å². The minimum Gasteiger partial charge on any atom is -0.325 e. The molecular formula is C19H27Cl2NO2. The third kappa shape index (κ3) is 7.67. The number of benzene rings is 1. The zero-order valence-electron chi connectivity index (χ0n) is 15.3. The molecule has 0 atom stereocenters. The Morgan fingerprint density at radius 2 is 1.46 bits per heavy atom. The SMILES string of the molecule is CC(C)(C)CC(=O)Cc1cc(Cl)c(NC(=O)CC(C)(C)C)cc1Cl. The Morgan fingerprint density at radius 3 is 1.96 bits per heavy atom. The molecule has 24 heavy (non-hydrogen) atoms. The van der Waals surface area contributed by atoms with E-state index in [4.69, 9.17) is 23.2 Å². The van der Waals surface area contributed by atoms with Crippen molar-refractivity contribution in [2.75, 3.05) is 5.32 Å². The molecule has 0 radical (unpaired) electrons. The molecule has 0 aliphatic heterocycles. The van der Waals surface area contributed by atoms with Gasteiger partial charge in [0.25, 0.3) is 0 Å². The van der Waals surface area contributed by atoms with Crippen LogP contribution in [0.1, 0.15) is 59.9 Å². The maximum absolute atomic E-state index is 12.1. The third-order valence-corrected chi connectivity index (χ3v) is 3.88. The quantitative estimate of drug-likeness (QED) is 0.698. The zero-order chi connectivity index (χ0) is 18.7. The van der Waals surface area contributed by atoms with Gasteiger partial charge in [0.2, 0.25) is 5.91 Å². The molecule has 0 aromatic heterocycles. The van der Waals surface area contributed by atoms with Crippen LogP contribution in [0.25, 0.3) is 0 Å². The molecule has 1 aromatic carbocycles. The van der Waals surface area contributed by atoms with E-state index >= 15 is 0 Å². The van der Waals surface area contributed by atoms with Crippen LogP contribution in [0, 0.1) is 10.8 Å². The molecule has 0 aliphatic carbocycles. The van der Waals surface area contributed by atoms with E-state index in [0.717, 1.165) is 0 Å². The molecule has 3 nitrogen and oxygen atoms in total. The lowest BCUT2D eigenvalue weighted by molar-refractivity contribution is -0.120. The molecule has 0 saturated heterocycles. The number of carbonyl (C=O) groups excluding carboxylic acids is 2. The van der Waals surface area contributed by atoms with E-state index in [2.05, 4.69) is 5.32 Å². The average Bonchev–Trinajstić information content (AvgIpc) is 2.30. The van der Waals surface area contributed by atoms with Crippen molar-refractivity contribution in [3.63, 3.8) is 0 Å². The van der Waals surface area contributed by atoms with Crippen molar-refractivity contribution < 1.29 is 9.59 Å². The summed E-state index contributed by atoms with van der Waals surface area (Å²) in [6, 6.07) is 3.28. The zero-order valence-corrected chi connectivity index (χ0v) is 16.9. The summed E-state index contributed by atoms with van der Waals surface area (Å²) in [6.07, 6.45) is 1.10. The summed E-state index contributed by atoms with van der Waals surface area (Å²) in [5, 5.41) is 3.61. The molecule has 0 heterocycles. The highest BCUT2D eigenvalue weighted by atomic mass is 35.5. The number of Topliss-reactive ketones (excluding diaryl/α,β-unsaturated/α-hetero) is 1. The number of carbonyl (C=O) groups is 2. The summed E-state index contributed by atoms with van der Waals surface area (Å²) in [6.45, 7) is 12.0. The molecule has 1 amide bonds. The second-order valence-corrected chi connectivity index (χ2v) is 9.48. The molecule has 0 spiro atoms. The van der Waals surface area contributed by atoms with Gasteiger partial charge in [-0.15, -0.1) is 0 Å². The van der Waals surface area contributed by atoms with Gasteiger partial charge in [0.15, 0.2) is 0 Å². The van der Waals surface area contributed by atoms with Crippen LogP contribution in [-0.4, -0.2) is 11.7 Å². The van der Waals surface area contributed by atoms with Crippen molar-refractivity contribution in [1.82, 2.24) is 0 Å². The summed E-state index contributed by atoms with van der Waals surface area (Å²) in [7, 11) is 0. The van der Waals surface area contributed by atoms with Gasteiger partial charge < -0.3 is 5.32 Å². The van der Waals surface area contributed by atoms with Crippen molar-refractivity contribution in [3.05, 3.63) is 27.7 Å². The summed E-state index contributed by atoms with van der Waals surface area (Å²) >= 11 is 12.5. The van der Waals surface area contributed by atoms with Crippen LogP contribution >= 0.6 is 23.2 Å². The number of nitrogens with one attached hydrogen (secondary N) is 1. The maximum atomic E-state index is 12.1. The molecule has 0 fully saturated rings. The Labute approximate surface area is 155 Å². The predicted octanol–water partition coefficient (Wildman–Crippen LogP) is 5.92. The van der Waals surface area contributed by atoms with Gasteiger partial charge in [-0.25, -0.2) is 0 Å². The topological polar surface area (TPSA) is 46.2 Å². The van der Waals surface area contributed by atoms with Gasteiger partial charge in [-0.2, -0.15) is 0 Å². The summed E-state index contributed by atoms with van der Waals surface area (Å²) in [5.41, 5.74) is 0.987. The Kier molecular flexibility index (Phi) is 6.89. The number of anilines is 1. The number of rotatable bonds is 5. The van der Waals surface area contributed by atoms with E-state index in [1.807, 2.05) is 41.5 Å². The van der Waals surface area contributed by atoms with Gasteiger partial charge in [0.05, 0.1) is 10.7 Å². The third-order valence-electron chi connectivity index (χ3n) is 3.22. The molecule has 134 valence electrons. The molecule has 5 heteroatoms.